The molecule has 0 aliphatic rings. The van der Waals surface area contributed by atoms with Crippen LogP contribution in [0.1, 0.15) is 56.1 Å². The van der Waals surface area contributed by atoms with E-state index in [1.54, 1.807) is 17.8 Å². The summed E-state index contributed by atoms with van der Waals surface area (Å²) in [5.41, 5.74) is 5.10. The summed E-state index contributed by atoms with van der Waals surface area (Å²) >= 11 is 0. The van der Waals surface area contributed by atoms with Crippen LogP contribution in [0, 0.1) is 20.8 Å². The number of pyridine rings is 1. The number of hydrogen-bond acceptors (Lipinski definition) is 4. The Morgan fingerprint density at radius 2 is 1.80 bits per heavy atom. The van der Waals surface area contributed by atoms with Crippen LogP contribution in [0.15, 0.2) is 29.2 Å². The van der Waals surface area contributed by atoms with Crippen molar-refractivity contribution < 1.29 is 4.21 Å². The van der Waals surface area contributed by atoms with E-state index in [1.807, 2.05) is 66.7 Å². The molecule has 0 aliphatic carbocycles. The van der Waals surface area contributed by atoms with E-state index < -0.39 is 15.7 Å². The monoisotopic (exact) mass is 426 g/mol. The van der Waals surface area contributed by atoms with E-state index in [4.69, 9.17) is 4.98 Å². The van der Waals surface area contributed by atoms with E-state index in [0.29, 0.717) is 16.7 Å². The number of aryl methyl sites for hydroxylation is 3. The van der Waals surface area contributed by atoms with Crippen LogP contribution < -0.4 is 10.3 Å². The van der Waals surface area contributed by atoms with Gasteiger partial charge in [0.2, 0.25) is 0 Å². The molecular weight excluding hydrogens is 396 g/mol. The molecule has 160 valence electrons. The molecule has 0 spiro atoms. The predicted molar refractivity (Wildman–Crippen MR) is 124 cm³/mol. The van der Waals surface area contributed by atoms with E-state index in [2.05, 4.69) is 9.71 Å². The summed E-state index contributed by atoms with van der Waals surface area (Å²) in [7, 11) is 0.492. The van der Waals surface area contributed by atoms with Gasteiger partial charge in [0.1, 0.15) is 5.82 Å². The molecule has 0 amide bonds. The van der Waals surface area contributed by atoms with Crippen LogP contribution in [0.25, 0.3) is 22.3 Å². The summed E-state index contributed by atoms with van der Waals surface area (Å²) in [6.45, 7) is 13.6. The SMILES string of the molecule is Cc1cc([C@@H](C)N[S@](=O)C(C)(C)C)c2nc(-c3cnc(C)cc3C)n(C)c(=O)c2c1. The fraction of sp³-hybridized carbons (Fsp3) is 0.435. The van der Waals surface area contributed by atoms with Crippen LogP contribution in [0.5, 0.6) is 0 Å². The molecule has 3 rings (SSSR count). The van der Waals surface area contributed by atoms with Gasteiger partial charge in [-0.3, -0.25) is 14.3 Å². The average molecular weight is 427 g/mol. The topological polar surface area (TPSA) is 76.9 Å². The van der Waals surface area contributed by atoms with Gasteiger partial charge in [0.25, 0.3) is 5.56 Å². The van der Waals surface area contributed by atoms with Gasteiger partial charge in [-0.25, -0.2) is 13.9 Å². The lowest BCUT2D eigenvalue weighted by molar-refractivity contribution is 0.617. The first-order valence-corrected chi connectivity index (χ1v) is 11.2. The Morgan fingerprint density at radius 3 is 2.40 bits per heavy atom. The Hall–Kier alpha value is -2.38. The fourth-order valence-corrected chi connectivity index (χ4v) is 4.26. The molecule has 2 heterocycles. The Kier molecular flexibility index (Phi) is 5.98. The normalized spacial score (nSPS) is 14.1. The largest absolute Gasteiger partial charge is 0.295 e. The molecule has 1 N–H and O–H groups in total. The molecule has 7 heteroatoms. The molecule has 3 aromatic rings. The Balaban J connectivity index is 2.25. The van der Waals surface area contributed by atoms with Crippen molar-refractivity contribution >= 4 is 21.9 Å². The molecule has 2 atom stereocenters. The molecule has 0 saturated heterocycles. The summed E-state index contributed by atoms with van der Waals surface area (Å²) in [6.07, 6.45) is 1.77. The van der Waals surface area contributed by atoms with Gasteiger partial charge in [-0.15, -0.1) is 0 Å². The standard InChI is InChI=1S/C23H30N4O2S/c1-13-9-17(16(4)26-30(29)23(5,6)7)20-18(10-13)22(28)27(8)21(25-20)19-12-24-15(3)11-14(19)2/h9-12,16,26H,1-8H3/t16-,30-/m1/s1. The predicted octanol–water partition coefficient (Wildman–Crippen LogP) is 4.03. The summed E-state index contributed by atoms with van der Waals surface area (Å²) in [6, 6.07) is 5.62. The lowest BCUT2D eigenvalue weighted by atomic mass is 10.0. The second-order valence-corrected chi connectivity index (χ2v) is 10.9. The third-order valence-corrected chi connectivity index (χ3v) is 6.83. The van der Waals surface area contributed by atoms with Crippen LogP contribution >= 0.6 is 0 Å². The van der Waals surface area contributed by atoms with Gasteiger partial charge in [-0.05, 0) is 77.3 Å². The highest BCUT2D eigenvalue weighted by Crippen LogP contribution is 2.28. The van der Waals surface area contributed by atoms with E-state index in [-0.39, 0.29) is 11.6 Å². The third-order valence-electron chi connectivity index (χ3n) is 5.15. The Morgan fingerprint density at radius 1 is 1.13 bits per heavy atom. The van der Waals surface area contributed by atoms with E-state index in [0.717, 1.165) is 27.9 Å². The smallest absolute Gasteiger partial charge is 0.261 e. The number of benzene rings is 1. The van der Waals surface area contributed by atoms with Crippen LogP contribution in [-0.2, 0) is 18.0 Å². The summed E-state index contributed by atoms with van der Waals surface area (Å²) in [5.74, 6) is 0.576. The summed E-state index contributed by atoms with van der Waals surface area (Å²) < 4.78 is 17.0. The minimum absolute atomic E-state index is 0.107. The first-order chi connectivity index (χ1) is 13.9. The average Bonchev–Trinajstić information content (AvgIpc) is 2.64. The maximum Gasteiger partial charge on any atom is 0.261 e. The molecule has 0 fully saturated rings. The van der Waals surface area contributed by atoms with Gasteiger partial charge in [0.05, 0.1) is 26.6 Å². The highest BCUT2D eigenvalue weighted by Gasteiger charge is 2.24. The Bertz CT molecular complexity index is 1210. The van der Waals surface area contributed by atoms with Crippen LogP contribution in [0.4, 0.5) is 0 Å². The van der Waals surface area contributed by atoms with Crippen molar-refractivity contribution in [2.24, 2.45) is 7.05 Å². The maximum absolute atomic E-state index is 13.2. The van der Waals surface area contributed by atoms with E-state index in [1.165, 1.54) is 0 Å². The van der Waals surface area contributed by atoms with Crippen molar-refractivity contribution in [3.63, 3.8) is 0 Å². The van der Waals surface area contributed by atoms with Gasteiger partial charge < -0.3 is 0 Å². The zero-order chi connectivity index (χ0) is 22.4. The number of rotatable bonds is 4. The van der Waals surface area contributed by atoms with Crippen LogP contribution in [0.3, 0.4) is 0 Å². The van der Waals surface area contributed by atoms with Crippen molar-refractivity contribution in [3.05, 3.63) is 57.1 Å². The van der Waals surface area contributed by atoms with Gasteiger partial charge in [-0.2, -0.15) is 0 Å². The highest BCUT2D eigenvalue weighted by atomic mass is 32.2. The van der Waals surface area contributed by atoms with Gasteiger partial charge >= 0.3 is 0 Å². The van der Waals surface area contributed by atoms with Crippen LogP contribution in [-0.4, -0.2) is 23.5 Å². The highest BCUT2D eigenvalue weighted by molar-refractivity contribution is 7.84. The third kappa shape index (κ3) is 4.23. The van der Waals surface area contributed by atoms with Crippen molar-refractivity contribution in [1.82, 2.24) is 19.3 Å². The molecule has 0 radical (unpaired) electrons. The van der Waals surface area contributed by atoms with Crippen molar-refractivity contribution in [2.45, 2.75) is 59.3 Å². The summed E-state index contributed by atoms with van der Waals surface area (Å²) in [4.78, 5) is 22.5. The molecule has 0 bridgehead atoms. The quantitative estimate of drug-likeness (QED) is 0.683. The second kappa shape index (κ2) is 8.04. The number of fused-ring (bicyclic) bond motifs is 1. The fourth-order valence-electron chi connectivity index (χ4n) is 3.45. The van der Waals surface area contributed by atoms with E-state index >= 15 is 0 Å². The summed E-state index contributed by atoms with van der Waals surface area (Å²) in [5, 5.41) is 0.559. The van der Waals surface area contributed by atoms with Crippen molar-refractivity contribution in [2.75, 3.05) is 0 Å². The number of nitrogens with zero attached hydrogens (tertiary/aromatic N) is 3. The second-order valence-electron chi connectivity index (χ2n) is 8.91. The molecule has 1 aromatic carbocycles. The molecule has 30 heavy (non-hydrogen) atoms. The van der Waals surface area contributed by atoms with Gasteiger partial charge in [-0.1, -0.05) is 6.07 Å². The lowest BCUT2D eigenvalue weighted by Gasteiger charge is -2.23. The van der Waals surface area contributed by atoms with Gasteiger partial charge in [0.15, 0.2) is 0 Å². The number of hydrogen-bond donors (Lipinski definition) is 1. The van der Waals surface area contributed by atoms with Crippen molar-refractivity contribution in [3.8, 4) is 11.4 Å². The minimum atomic E-state index is -1.25. The zero-order valence-electron chi connectivity index (χ0n) is 19.0. The van der Waals surface area contributed by atoms with Gasteiger partial charge in [0, 0.05) is 30.5 Å². The number of aromatic nitrogens is 3. The lowest BCUT2D eigenvalue weighted by Crippen LogP contribution is -2.35. The molecule has 0 saturated carbocycles. The molecule has 6 nitrogen and oxygen atoms in total. The zero-order valence-corrected chi connectivity index (χ0v) is 19.8. The first-order valence-electron chi connectivity index (χ1n) is 10.0. The molecule has 0 unspecified atom stereocenters. The first kappa shape index (κ1) is 22.3. The molecule has 2 aromatic heterocycles. The van der Waals surface area contributed by atoms with E-state index in [9.17, 15) is 9.00 Å². The van der Waals surface area contributed by atoms with Crippen LogP contribution in [0.2, 0.25) is 0 Å². The molecule has 0 aliphatic heterocycles. The maximum atomic E-state index is 13.2. The number of nitrogens with one attached hydrogen (secondary N) is 1. The molecular formula is C23H30N4O2S. The van der Waals surface area contributed by atoms with Crippen molar-refractivity contribution in [1.29, 1.82) is 0 Å². The Labute approximate surface area is 180 Å². The minimum Gasteiger partial charge on any atom is -0.295 e.